The number of fused-ring (bicyclic) bond motifs is 2. The van der Waals surface area contributed by atoms with Gasteiger partial charge in [-0.25, -0.2) is 4.79 Å². The number of ether oxygens (including phenoxy) is 1. The van der Waals surface area contributed by atoms with E-state index in [0.29, 0.717) is 19.3 Å². The van der Waals surface area contributed by atoms with E-state index >= 15 is 0 Å². The average molecular weight is 326 g/mol. The molecule has 2 heterocycles. The quantitative estimate of drug-likeness (QED) is 0.831. The molecule has 2 bridgehead atoms. The van der Waals surface area contributed by atoms with E-state index in [1.54, 1.807) is 0 Å². The lowest BCUT2D eigenvalue weighted by Crippen LogP contribution is -2.48. The highest BCUT2D eigenvalue weighted by Gasteiger charge is 2.45. The summed E-state index contributed by atoms with van der Waals surface area (Å²) in [5, 5.41) is 8.63. The summed E-state index contributed by atoms with van der Waals surface area (Å²) in [6.45, 7) is 0.278. The number of carbonyl (C=O) groups excluding carboxylic acids is 2. The molecule has 0 aromatic heterocycles. The number of rotatable bonds is 5. The van der Waals surface area contributed by atoms with Crippen molar-refractivity contribution in [2.45, 2.75) is 57.2 Å². The number of amides is 1. The Morgan fingerprint density at radius 2 is 1.83 bits per heavy atom. The zero-order valence-corrected chi connectivity index (χ0v) is 13.7. The Hall–Kier alpha value is -2.35. The van der Waals surface area contributed by atoms with E-state index in [2.05, 4.69) is 0 Å². The molecule has 1 amide bonds. The van der Waals surface area contributed by atoms with Crippen LogP contribution in [0.3, 0.4) is 0 Å². The molecule has 0 saturated carbocycles. The van der Waals surface area contributed by atoms with E-state index in [1.807, 2.05) is 41.3 Å². The second kappa shape index (κ2) is 7.48. The summed E-state index contributed by atoms with van der Waals surface area (Å²) in [7, 11) is 0. The van der Waals surface area contributed by atoms with Gasteiger partial charge in [0, 0.05) is 30.8 Å². The number of nitrogens with zero attached hydrogens (tertiary/aromatic N) is 2. The van der Waals surface area contributed by atoms with E-state index in [0.717, 1.165) is 18.4 Å². The molecule has 0 aliphatic carbocycles. The van der Waals surface area contributed by atoms with Crippen LogP contribution in [0, 0.1) is 17.2 Å². The van der Waals surface area contributed by atoms with Crippen LogP contribution in [0.1, 0.15) is 44.1 Å². The predicted octanol–water partition coefficient (Wildman–Crippen LogP) is 3.44. The van der Waals surface area contributed by atoms with Gasteiger partial charge in [-0.3, -0.25) is 4.79 Å². The molecule has 24 heavy (non-hydrogen) atoms. The topological polar surface area (TPSA) is 70.4 Å². The number of hydrogen-bond acceptors (Lipinski definition) is 4. The molecule has 126 valence electrons. The summed E-state index contributed by atoms with van der Waals surface area (Å²) >= 11 is 0. The lowest BCUT2D eigenvalue weighted by molar-refractivity contribution is -0.125. The summed E-state index contributed by atoms with van der Waals surface area (Å²) in [6.07, 6.45) is 3.64. The predicted molar refractivity (Wildman–Crippen MR) is 87.9 cm³/mol. The fraction of sp³-hybridized carbons (Fsp3) is 0.526. The molecule has 5 nitrogen and oxygen atoms in total. The van der Waals surface area contributed by atoms with Crippen molar-refractivity contribution in [1.82, 2.24) is 4.90 Å². The maximum absolute atomic E-state index is 12.5. The second-order valence-electron chi connectivity index (χ2n) is 6.63. The lowest BCUT2D eigenvalue weighted by atomic mass is 9.86. The number of hydrogen-bond donors (Lipinski definition) is 0. The van der Waals surface area contributed by atoms with Crippen molar-refractivity contribution >= 4 is 11.9 Å². The van der Waals surface area contributed by atoms with Gasteiger partial charge in [0.25, 0.3) is 0 Å². The van der Waals surface area contributed by atoms with Gasteiger partial charge in [-0.2, -0.15) is 5.26 Å². The van der Waals surface area contributed by atoms with Gasteiger partial charge < -0.3 is 9.64 Å². The van der Waals surface area contributed by atoms with Gasteiger partial charge in [-0.15, -0.1) is 0 Å². The third-order valence-electron chi connectivity index (χ3n) is 5.09. The van der Waals surface area contributed by atoms with Gasteiger partial charge in [0.1, 0.15) is 12.4 Å². The summed E-state index contributed by atoms with van der Waals surface area (Å²) < 4.78 is 5.47. The molecule has 2 atom stereocenters. The minimum absolute atomic E-state index is 0.00553. The molecule has 5 heteroatoms. The van der Waals surface area contributed by atoms with Crippen molar-refractivity contribution in [3.8, 4) is 6.07 Å². The maximum atomic E-state index is 12.5. The van der Waals surface area contributed by atoms with Gasteiger partial charge in [0.2, 0.25) is 0 Å². The van der Waals surface area contributed by atoms with Crippen LogP contribution < -0.4 is 0 Å². The lowest BCUT2D eigenvalue weighted by Gasteiger charge is -2.37. The van der Waals surface area contributed by atoms with Gasteiger partial charge in [0.05, 0.1) is 6.07 Å². The summed E-state index contributed by atoms with van der Waals surface area (Å²) in [5.74, 6) is 0.166. The molecule has 1 aromatic carbocycles. The van der Waals surface area contributed by atoms with Crippen molar-refractivity contribution in [3.05, 3.63) is 35.9 Å². The Morgan fingerprint density at radius 3 is 2.46 bits per heavy atom. The number of ketones is 1. The highest BCUT2D eigenvalue weighted by molar-refractivity contribution is 5.82. The fourth-order valence-electron chi connectivity index (χ4n) is 3.92. The second-order valence-corrected chi connectivity index (χ2v) is 6.63. The van der Waals surface area contributed by atoms with Crippen LogP contribution in [0.4, 0.5) is 4.79 Å². The SMILES string of the molecule is N#CCCC(=O)C1CC2CCC(C1)N2C(=O)OCc1ccccc1. The normalized spacial score (nSPS) is 25.1. The molecule has 0 N–H and O–H groups in total. The Bertz CT molecular complexity index is 624. The number of nitriles is 1. The van der Waals surface area contributed by atoms with E-state index in [1.165, 1.54) is 0 Å². The van der Waals surface area contributed by atoms with E-state index in [-0.39, 0.29) is 42.9 Å². The van der Waals surface area contributed by atoms with Crippen molar-refractivity contribution in [2.75, 3.05) is 0 Å². The molecule has 0 radical (unpaired) electrons. The molecular weight excluding hydrogens is 304 g/mol. The summed E-state index contributed by atoms with van der Waals surface area (Å²) in [4.78, 5) is 26.5. The molecule has 2 aliphatic rings. The van der Waals surface area contributed by atoms with Crippen molar-refractivity contribution < 1.29 is 14.3 Å². The number of benzene rings is 1. The van der Waals surface area contributed by atoms with Gasteiger partial charge in [0.15, 0.2) is 0 Å². The van der Waals surface area contributed by atoms with Crippen molar-refractivity contribution in [1.29, 1.82) is 5.26 Å². The molecule has 3 rings (SSSR count). The van der Waals surface area contributed by atoms with Crippen LogP contribution in [0.2, 0.25) is 0 Å². The van der Waals surface area contributed by atoms with Crippen LogP contribution in [0.5, 0.6) is 0 Å². The molecule has 1 aromatic rings. The third-order valence-corrected chi connectivity index (χ3v) is 5.09. The monoisotopic (exact) mass is 326 g/mol. The third kappa shape index (κ3) is 3.59. The highest BCUT2D eigenvalue weighted by atomic mass is 16.6. The minimum Gasteiger partial charge on any atom is -0.445 e. The first-order chi connectivity index (χ1) is 11.7. The Labute approximate surface area is 142 Å². The van der Waals surface area contributed by atoms with Gasteiger partial charge in [-0.05, 0) is 31.2 Å². The van der Waals surface area contributed by atoms with Crippen LogP contribution in [-0.4, -0.2) is 28.9 Å². The average Bonchev–Trinajstić information content (AvgIpc) is 2.88. The zero-order chi connectivity index (χ0) is 16.9. The van der Waals surface area contributed by atoms with Crippen LogP contribution in [0.25, 0.3) is 0 Å². The Kier molecular flexibility index (Phi) is 5.14. The zero-order valence-electron chi connectivity index (χ0n) is 13.7. The first kappa shape index (κ1) is 16.5. The molecule has 2 aliphatic heterocycles. The number of Topliss-reactive ketones (excluding diaryl/α,β-unsaturated/α-hetero) is 1. The number of piperidine rings is 1. The minimum atomic E-state index is -0.269. The molecule has 2 fully saturated rings. The largest absolute Gasteiger partial charge is 0.445 e. The smallest absolute Gasteiger partial charge is 0.410 e. The van der Waals surface area contributed by atoms with Gasteiger partial charge >= 0.3 is 6.09 Å². The van der Waals surface area contributed by atoms with Crippen molar-refractivity contribution in [3.63, 3.8) is 0 Å². The van der Waals surface area contributed by atoms with Crippen molar-refractivity contribution in [2.24, 2.45) is 5.92 Å². The van der Waals surface area contributed by atoms with E-state index in [9.17, 15) is 9.59 Å². The van der Waals surface area contributed by atoms with E-state index < -0.39 is 0 Å². The Morgan fingerprint density at radius 1 is 1.17 bits per heavy atom. The first-order valence-corrected chi connectivity index (χ1v) is 8.57. The maximum Gasteiger partial charge on any atom is 0.410 e. The molecule has 0 spiro atoms. The molecule has 2 unspecified atom stereocenters. The standard InChI is InChI=1S/C19H22N2O3/c20-10-4-7-18(22)15-11-16-8-9-17(12-15)21(16)19(23)24-13-14-5-2-1-3-6-14/h1-3,5-6,15-17H,4,7-9,11-13H2. The first-order valence-electron chi connectivity index (χ1n) is 8.57. The van der Waals surface area contributed by atoms with Crippen LogP contribution >= 0.6 is 0 Å². The molecule has 2 saturated heterocycles. The summed E-state index contributed by atoms with van der Waals surface area (Å²) in [6, 6.07) is 11.9. The molecular formula is C19H22N2O3. The van der Waals surface area contributed by atoms with Gasteiger partial charge in [-0.1, -0.05) is 30.3 Å². The number of carbonyl (C=O) groups is 2. The van der Waals surface area contributed by atoms with Crippen LogP contribution in [0.15, 0.2) is 30.3 Å². The van der Waals surface area contributed by atoms with Crippen LogP contribution in [-0.2, 0) is 16.1 Å². The summed E-state index contributed by atoms with van der Waals surface area (Å²) in [5.41, 5.74) is 0.972. The highest BCUT2D eigenvalue weighted by Crippen LogP contribution is 2.39. The Balaban J connectivity index is 1.56. The van der Waals surface area contributed by atoms with E-state index in [4.69, 9.17) is 10.00 Å². The fourth-order valence-corrected chi connectivity index (χ4v) is 3.92.